The van der Waals surface area contributed by atoms with Crippen molar-refractivity contribution in [2.75, 3.05) is 18.4 Å². The zero-order chi connectivity index (χ0) is 25.8. The van der Waals surface area contributed by atoms with Crippen LogP contribution in [0, 0.1) is 5.92 Å². The van der Waals surface area contributed by atoms with E-state index in [1.54, 1.807) is 0 Å². The van der Waals surface area contributed by atoms with Crippen LogP contribution < -0.4 is 15.4 Å². The Hall–Kier alpha value is -3.84. The molecule has 2 atom stereocenters. The molecule has 4 nitrogen and oxygen atoms in total. The van der Waals surface area contributed by atoms with Gasteiger partial charge in [-0.15, -0.1) is 0 Å². The van der Waals surface area contributed by atoms with Gasteiger partial charge in [0.1, 0.15) is 12.4 Å². The van der Waals surface area contributed by atoms with E-state index in [1.807, 2.05) is 66.7 Å². The van der Waals surface area contributed by atoms with Crippen molar-refractivity contribution in [1.29, 1.82) is 0 Å². The van der Waals surface area contributed by atoms with Gasteiger partial charge in [0.2, 0.25) is 5.91 Å². The van der Waals surface area contributed by atoms with Crippen LogP contribution in [0.5, 0.6) is 5.75 Å². The van der Waals surface area contributed by atoms with E-state index in [0.717, 1.165) is 46.6 Å². The van der Waals surface area contributed by atoms with Crippen molar-refractivity contribution in [3.63, 3.8) is 0 Å². The smallest absolute Gasteiger partial charge is 0.419 e. The normalized spacial score (nSPS) is 17.9. The molecule has 1 aliphatic heterocycles. The summed E-state index contributed by atoms with van der Waals surface area (Å²) in [5.41, 5.74) is 1.78. The third-order valence-electron chi connectivity index (χ3n) is 6.86. The Kier molecular flexibility index (Phi) is 7.15. The molecular formula is C30H27F3N2O2. The lowest BCUT2D eigenvalue weighted by Gasteiger charge is -2.32. The number of alkyl halides is 3. The number of hydrogen-bond donors (Lipinski definition) is 2. The van der Waals surface area contributed by atoms with Crippen LogP contribution >= 0.6 is 0 Å². The standard InChI is InChI=1S/C30H27F3N2O2/c31-30(32,33)26-9-3-4-11-28(26)37-19-20-12-14-22(15-13-20)23-16-17-34-18-25(23)29(36)35-27-10-5-7-21-6-1-2-8-24(21)27/h1-15,23,25,34H,16-19H2,(H,35,36). The quantitative estimate of drug-likeness (QED) is 0.305. The summed E-state index contributed by atoms with van der Waals surface area (Å²) in [5.74, 6) is -0.460. The van der Waals surface area contributed by atoms with E-state index in [-0.39, 0.29) is 30.1 Å². The van der Waals surface area contributed by atoms with Gasteiger partial charge in [0.15, 0.2) is 0 Å². The number of amides is 1. The minimum Gasteiger partial charge on any atom is -0.488 e. The molecule has 37 heavy (non-hydrogen) atoms. The number of hydrogen-bond acceptors (Lipinski definition) is 3. The molecule has 1 heterocycles. The average molecular weight is 505 g/mol. The number of piperidine rings is 1. The molecule has 5 rings (SSSR count). The molecule has 2 unspecified atom stereocenters. The number of anilines is 1. The van der Waals surface area contributed by atoms with Crippen LogP contribution in [0.3, 0.4) is 0 Å². The number of ether oxygens (including phenoxy) is 1. The van der Waals surface area contributed by atoms with Crippen molar-refractivity contribution in [2.24, 2.45) is 5.92 Å². The fourth-order valence-electron chi connectivity index (χ4n) is 4.94. The van der Waals surface area contributed by atoms with Crippen LogP contribution in [0.15, 0.2) is 91.0 Å². The van der Waals surface area contributed by atoms with Crippen molar-refractivity contribution >= 4 is 22.4 Å². The highest BCUT2D eigenvalue weighted by Gasteiger charge is 2.34. The summed E-state index contributed by atoms with van der Waals surface area (Å²) in [6, 6.07) is 26.6. The van der Waals surface area contributed by atoms with Gasteiger partial charge in [-0.3, -0.25) is 4.79 Å². The first-order valence-electron chi connectivity index (χ1n) is 12.3. The number of carbonyl (C=O) groups excluding carboxylic acids is 1. The van der Waals surface area contributed by atoms with Gasteiger partial charge in [-0.2, -0.15) is 13.2 Å². The van der Waals surface area contributed by atoms with E-state index in [2.05, 4.69) is 10.6 Å². The lowest BCUT2D eigenvalue weighted by molar-refractivity contribution is -0.139. The summed E-state index contributed by atoms with van der Waals surface area (Å²) in [7, 11) is 0. The number of fused-ring (bicyclic) bond motifs is 1. The topological polar surface area (TPSA) is 50.4 Å². The molecule has 1 aliphatic rings. The molecule has 0 aliphatic carbocycles. The van der Waals surface area contributed by atoms with E-state index in [0.29, 0.717) is 6.54 Å². The Balaban J connectivity index is 1.29. The summed E-state index contributed by atoms with van der Waals surface area (Å²) in [6.07, 6.45) is -3.67. The summed E-state index contributed by atoms with van der Waals surface area (Å²) in [4.78, 5) is 13.4. The molecule has 4 aromatic rings. The summed E-state index contributed by atoms with van der Waals surface area (Å²) in [6.45, 7) is 1.40. The Morgan fingerprint density at radius 2 is 1.65 bits per heavy atom. The zero-order valence-electron chi connectivity index (χ0n) is 20.1. The largest absolute Gasteiger partial charge is 0.488 e. The Morgan fingerprint density at radius 3 is 2.46 bits per heavy atom. The molecule has 0 bridgehead atoms. The highest BCUT2D eigenvalue weighted by atomic mass is 19.4. The van der Waals surface area contributed by atoms with E-state index in [4.69, 9.17) is 4.74 Å². The van der Waals surface area contributed by atoms with Gasteiger partial charge in [-0.1, -0.05) is 72.8 Å². The summed E-state index contributed by atoms with van der Waals surface area (Å²) < 4.78 is 45.2. The second-order valence-corrected chi connectivity index (χ2v) is 9.25. The first kappa shape index (κ1) is 24.8. The van der Waals surface area contributed by atoms with Crippen LogP contribution in [0.1, 0.15) is 29.0 Å². The zero-order valence-corrected chi connectivity index (χ0v) is 20.1. The molecule has 1 fully saturated rings. The SMILES string of the molecule is O=C(Nc1cccc2ccccc12)C1CNCCC1c1ccc(COc2ccccc2C(F)(F)F)cc1. The molecule has 7 heteroatoms. The molecule has 1 saturated heterocycles. The number of halogens is 3. The minimum absolute atomic E-state index is 0.0184. The second kappa shape index (κ2) is 10.6. The molecular weight excluding hydrogens is 477 g/mol. The molecule has 4 aromatic carbocycles. The molecule has 0 spiro atoms. The first-order valence-corrected chi connectivity index (χ1v) is 12.3. The first-order chi connectivity index (χ1) is 17.9. The van der Waals surface area contributed by atoms with Gasteiger partial charge in [0.25, 0.3) is 0 Å². The third-order valence-corrected chi connectivity index (χ3v) is 6.86. The molecule has 0 aromatic heterocycles. The maximum Gasteiger partial charge on any atom is 0.419 e. The lowest BCUT2D eigenvalue weighted by atomic mass is 9.80. The molecule has 0 saturated carbocycles. The maximum atomic E-state index is 13.4. The third kappa shape index (κ3) is 5.62. The van der Waals surface area contributed by atoms with E-state index < -0.39 is 11.7 Å². The minimum atomic E-state index is -4.48. The fraction of sp³-hybridized carbons (Fsp3) is 0.233. The monoisotopic (exact) mass is 504 g/mol. The number of carbonyl (C=O) groups is 1. The van der Waals surface area contributed by atoms with Crippen molar-refractivity contribution in [3.8, 4) is 5.75 Å². The van der Waals surface area contributed by atoms with Gasteiger partial charge >= 0.3 is 6.18 Å². The fourth-order valence-corrected chi connectivity index (χ4v) is 4.94. The van der Waals surface area contributed by atoms with Crippen molar-refractivity contribution in [2.45, 2.75) is 25.1 Å². The second-order valence-electron chi connectivity index (χ2n) is 9.25. The molecule has 1 amide bonds. The number of rotatable bonds is 6. The van der Waals surface area contributed by atoms with E-state index in [1.165, 1.54) is 18.2 Å². The van der Waals surface area contributed by atoms with Crippen LogP contribution in [0.4, 0.5) is 18.9 Å². The Morgan fingerprint density at radius 1 is 0.919 bits per heavy atom. The lowest BCUT2D eigenvalue weighted by Crippen LogP contribution is -2.42. The molecule has 190 valence electrons. The maximum absolute atomic E-state index is 13.4. The highest BCUT2D eigenvalue weighted by Crippen LogP contribution is 2.36. The van der Waals surface area contributed by atoms with Crippen molar-refractivity contribution in [3.05, 3.63) is 108 Å². The predicted octanol–water partition coefficient (Wildman–Crippen LogP) is 6.77. The Labute approximate surface area is 213 Å². The Bertz CT molecular complexity index is 1380. The van der Waals surface area contributed by atoms with Gasteiger partial charge in [-0.25, -0.2) is 0 Å². The summed E-state index contributed by atoms with van der Waals surface area (Å²) >= 11 is 0. The van der Waals surface area contributed by atoms with Crippen LogP contribution in [0.25, 0.3) is 10.8 Å². The number of para-hydroxylation sites is 1. The van der Waals surface area contributed by atoms with Crippen molar-refractivity contribution in [1.82, 2.24) is 5.32 Å². The average Bonchev–Trinajstić information content (AvgIpc) is 2.92. The molecule has 2 N–H and O–H groups in total. The van der Waals surface area contributed by atoms with Crippen LogP contribution in [-0.4, -0.2) is 19.0 Å². The van der Waals surface area contributed by atoms with Gasteiger partial charge in [0, 0.05) is 17.6 Å². The van der Waals surface area contributed by atoms with E-state index >= 15 is 0 Å². The van der Waals surface area contributed by atoms with E-state index in [9.17, 15) is 18.0 Å². The number of benzene rings is 4. The highest BCUT2D eigenvalue weighted by molar-refractivity contribution is 6.03. The van der Waals surface area contributed by atoms with Crippen LogP contribution in [0.2, 0.25) is 0 Å². The van der Waals surface area contributed by atoms with Gasteiger partial charge < -0.3 is 15.4 Å². The number of nitrogens with one attached hydrogen (secondary N) is 2. The molecule has 0 radical (unpaired) electrons. The van der Waals surface area contributed by atoms with Gasteiger partial charge in [-0.05, 0) is 53.6 Å². The van der Waals surface area contributed by atoms with Crippen molar-refractivity contribution < 1.29 is 22.7 Å². The predicted molar refractivity (Wildman–Crippen MR) is 139 cm³/mol. The van der Waals surface area contributed by atoms with Crippen LogP contribution in [-0.2, 0) is 17.6 Å². The summed E-state index contributed by atoms with van der Waals surface area (Å²) in [5, 5.41) is 8.52. The van der Waals surface area contributed by atoms with Gasteiger partial charge in [0.05, 0.1) is 11.5 Å².